The van der Waals surface area contributed by atoms with Crippen molar-refractivity contribution in [1.82, 2.24) is 4.90 Å². The monoisotopic (exact) mass is 523 g/mol. The first-order valence-corrected chi connectivity index (χ1v) is 13.0. The molecular weight excluding hydrogens is 488 g/mol. The minimum Gasteiger partial charge on any atom is -0.478 e. The predicted molar refractivity (Wildman–Crippen MR) is 144 cm³/mol. The van der Waals surface area contributed by atoms with Crippen LogP contribution in [-0.2, 0) is 11.2 Å². The van der Waals surface area contributed by atoms with Gasteiger partial charge < -0.3 is 14.9 Å². The SMILES string of the molecule is Cc1ccc(C[C@@H]2C[C@@H](F)CN2C[C@@H](O)CO[C@H](C)c2ccccc2-c2ccc(C(=O)O)c(C)c2)cc1F. The summed E-state index contributed by atoms with van der Waals surface area (Å²) in [7, 11) is 0. The topological polar surface area (TPSA) is 70.0 Å². The van der Waals surface area contributed by atoms with E-state index in [1.54, 1.807) is 32.0 Å². The Morgan fingerprint density at radius 3 is 2.58 bits per heavy atom. The number of carbonyl (C=O) groups is 1. The third-order valence-electron chi connectivity index (χ3n) is 7.33. The Morgan fingerprint density at radius 2 is 1.87 bits per heavy atom. The fourth-order valence-corrected chi connectivity index (χ4v) is 5.25. The average Bonchev–Trinajstić information content (AvgIpc) is 3.22. The van der Waals surface area contributed by atoms with E-state index in [1.807, 2.05) is 48.2 Å². The molecule has 1 aliphatic rings. The summed E-state index contributed by atoms with van der Waals surface area (Å²) in [6.45, 7) is 5.97. The highest BCUT2D eigenvalue weighted by Crippen LogP contribution is 2.31. The zero-order chi connectivity index (χ0) is 27.4. The van der Waals surface area contributed by atoms with Crippen molar-refractivity contribution in [3.8, 4) is 11.1 Å². The molecule has 0 radical (unpaired) electrons. The predicted octanol–water partition coefficient (Wildman–Crippen LogP) is 5.90. The fraction of sp³-hybridized carbons (Fsp3) is 0.387. The second-order valence-corrected chi connectivity index (χ2v) is 10.3. The van der Waals surface area contributed by atoms with Gasteiger partial charge in [-0.2, -0.15) is 0 Å². The van der Waals surface area contributed by atoms with Crippen LogP contribution in [0, 0.1) is 19.7 Å². The van der Waals surface area contributed by atoms with Gasteiger partial charge in [-0.05, 0) is 79.1 Å². The van der Waals surface area contributed by atoms with Crippen molar-refractivity contribution in [3.05, 3.63) is 94.3 Å². The number of likely N-dealkylation sites (tertiary alicyclic amines) is 1. The lowest BCUT2D eigenvalue weighted by Crippen LogP contribution is -2.39. The van der Waals surface area contributed by atoms with Crippen molar-refractivity contribution in [2.75, 3.05) is 19.7 Å². The van der Waals surface area contributed by atoms with Crippen LogP contribution >= 0.6 is 0 Å². The number of halogens is 2. The highest BCUT2D eigenvalue weighted by atomic mass is 19.1. The molecular formula is C31H35F2NO4. The van der Waals surface area contributed by atoms with Gasteiger partial charge in [-0.1, -0.05) is 48.5 Å². The fourth-order valence-electron chi connectivity index (χ4n) is 5.25. The molecule has 1 saturated heterocycles. The molecule has 0 spiro atoms. The van der Waals surface area contributed by atoms with Crippen LogP contribution in [0.1, 0.15) is 52.1 Å². The van der Waals surface area contributed by atoms with Crippen LogP contribution in [0.2, 0.25) is 0 Å². The second-order valence-electron chi connectivity index (χ2n) is 10.3. The molecule has 202 valence electrons. The Morgan fingerprint density at radius 1 is 1.11 bits per heavy atom. The van der Waals surface area contributed by atoms with Gasteiger partial charge in [-0.15, -0.1) is 0 Å². The summed E-state index contributed by atoms with van der Waals surface area (Å²) < 4.78 is 34.3. The first-order chi connectivity index (χ1) is 18.1. The lowest BCUT2D eigenvalue weighted by Gasteiger charge is -2.27. The van der Waals surface area contributed by atoms with E-state index in [2.05, 4.69) is 0 Å². The molecule has 0 amide bonds. The largest absolute Gasteiger partial charge is 0.478 e. The van der Waals surface area contributed by atoms with Gasteiger partial charge in [0.1, 0.15) is 12.0 Å². The van der Waals surface area contributed by atoms with E-state index in [1.165, 1.54) is 6.07 Å². The Labute approximate surface area is 222 Å². The van der Waals surface area contributed by atoms with Crippen molar-refractivity contribution >= 4 is 5.97 Å². The number of benzene rings is 3. The normalized spacial score (nSPS) is 19.4. The van der Waals surface area contributed by atoms with Crippen LogP contribution in [0.15, 0.2) is 60.7 Å². The minimum atomic E-state index is -0.981. The molecule has 5 nitrogen and oxygen atoms in total. The Bertz CT molecular complexity index is 1280. The number of nitrogens with zero attached hydrogens (tertiary/aromatic N) is 1. The highest BCUT2D eigenvalue weighted by Gasteiger charge is 2.33. The number of rotatable bonds is 10. The maximum Gasteiger partial charge on any atom is 0.335 e. The van der Waals surface area contributed by atoms with Gasteiger partial charge in [-0.25, -0.2) is 13.6 Å². The molecule has 4 rings (SSSR count). The Kier molecular flexibility index (Phi) is 8.92. The van der Waals surface area contributed by atoms with E-state index in [0.717, 1.165) is 22.3 Å². The number of aliphatic hydroxyl groups excluding tert-OH is 1. The first kappa shape index (κ1) is 27.9. The van der Waals surface area contributed by atoms with Crippen LogP contribution in [0.4, 0.5) is 8.78 Å². The van der Waals surface area contributed by atoms with E-state index in [-0.39, 0.29) is 43.2 Å². The van der Waals surface area contributed by atoms with Crippen LogP contribution < -0.4 is 0 Å². The maximum absolute atomic E-state index is 14.3. The molecule has 0 aromatic heterocycles. The summed E-state index contributed by atoms with van der Waals surface area (Å²) in [5.74, 6) is -1.22. The van der Waals surface area contributed by atoms with E-state index < -0.39 is 18.2 Å². The molecule has 1 aliphatic heterocycles. The van der Waals surface area contributed by atoms with E-state index in [4.69, 9.17) is 4.74 Å². The summed E-state index contributed by atoms with van der Waals surface area (Å²) in [6.07, 6.45) is -1.25. The summed E-state index contributed by atoms with van der Waals surface area (Å²) in [4.78, 5) is 13.3. The van der Waals surface area contributed by atoms with Crippen molar-refractivity contribution in [3.63, 3.8) is 0 Å². The number of carboxylic acid groups (broad SMARTS) is 1. The molecule has 0 aliphatic carbocycles. The number of β-amino-alcohol motifs (C(OH)–C–C–N with tert-alkyl or cyclic N) is 1. The van der Waals surface area contributed by atoms with Crippen molar-refractivity contribution < 1.29 is 28.5 Å². The molecule has 0 bridgehead atoms. The zero-order valence-corrected chi connectivity index (χ0v) is 22.0. The van der Waals surface area contributed by atoms with Gasteiger partial charge in [0, 0.05) is 19.1 Å². The third-order valence-corrected chi connectivity index (χ3v) is 7.33. The van der Waals surface area contributed by atoms with E-state index in [9.17, 15) is 23.8 Å². The van der Waals surface area contributed by atoms with Crippen molar-refractivity contribution in [2.24, 2.45) is 0 Å². The number of aromatic carboxylic acids is 1. The minimum absolute atomic E-state index is 0.0752. The van der Waals surface area contributed by atoms with E-state index in [0.29, 0.717) is 24.0 Å². The average molecular weight is 524 g/mol. The lowest BCUT2D eigenvalue weighted by atomic mass is 9.94. The van der Waals surface area contributed by atoms with Crippen LogP contribution in [0.25, 0.3) is 11.1 Å². The second kappa shape index (κ2) is 12.2. The molecule has 1 fully saturated rings. The summed E-state index contributed by atoms with van der Waals surface area (Å²) in [5, 5.41) is 20.1. The zero-order valence-electron chi connectivity index (χ0n) is 22.0. The Balaban J connectivity index is 1.38. The van der Waals surface area contributed by atoms with Gasteiger partial charge in [0.2, 0.25) is 0 Å². The maximum atomic E-state index is 14.3. The number of hydrogen-bond acceptors (Lipinski definition) is 4. The third kappa shape index (κ3) is 6.65. The summed E-state index contributed by atoms with van der Waals surface area (Å²) >= 11 is 0. The number of alkyl halides is 1. The molecule has 0 saturated carbocycles. The molecule has 3 aromatic rings. The van der Waals surface area contributed by atoms with Gasteiger partial charge >= 0.3 is 5.97 Å². The number of ether oxygens (including phenoxy) is 1. The molecule has 2 N–H and O–H groups in total. The summed E-state index contributed by atoms with van der Waals surface area (Å²) in [5.41, 5.74) is 5.08. The van der Waals surface area contributed by atoms with Crippen LogP contribution in [-0.4, -0.2) is 59.1 Å². The smallest absolute Gasteiger partial charge is 0.335 e. The van der Waals surface area contributed by atoms with Gasteiger partial charge in [0.05, 0.1) is 24.4 Å². The van der Waals surface area contributed by atoms with E-state index >= 15 is 0 Å². The first-order valence-electron chi connectivity index (χ1n) is 13.0. The highest BCUT2D eigenvalue weighted by molar-refractivity contribution is 5.90. The molecule has 3 aromatic carbocycles. The van der Waals surface area contributed by atoms with Gasteiger partial charge in [0.25, 0.3) is 0 Å². The molecule has 38 heavy (non-hydrogen) atoms. The van der Waals surface area contributed by atoms with Crippen LogP contribution in [0.3, 0.4) is 0 Å². The number of aryl methyl sites for hydroxylation is 2. The Hall–Kier alpha value is -3.13. The van der Waals surface area contributed by atoms with Gasteiger partial charge in [0.15, 0.2) is 0 Å². The molecule has 0 unspecified atom stereocenters. The standard InChI is InChI=1S/C31H35F2NO4/c1-19-8-9-22(14-30(19)33)13-25-15-24(32)16-34(25)17-26(35)18-38-21(3)28-6-4-5-7-29(28)23-10-11-27(31(36)37)20(2)12-23/h4-12,14,21,24-26,35H,13,15-18H2,1-3H3,(H,36,37)/t21-,24-,25-,26-/m1/s1. The van der Waals surface area contributed by atoms with Crippen molar-refractivity contribution in [2.45, 2.75) is 58.0 Å². The number of hydrogen-bond donors (Lipinski definition) is 2. The lowest BCUT2D eigenvalue weighted by molar-refractivity contribution is -0.0173. The molecule has 4 atom stereocenters. The quantitative estimate of drug-likeness (QED) is 0.346. The molecule has 7 heteroatoms. The number of aliphatic hydroxyl groups is 1. The summed E-state index contributed by atoms with van der Waals surface area (Å²) in [6, 6.07) is 18.0. The van der Waals surface area contributed by atoms with Crippen LogP contribution in [0.5, 0.6) is 0 Å². The molecule has 1 heterocycles. The van der Waals surface area contributed by atoms with Gasteiger partial charge in [-0.3, -0.25) is 4.90 Å². The van der Waals surface area contributed by atoms with Crippen molar-refractivity contribution in [1.29, 1.82) is 0 Å². The number of carboxylic acids is 1.